The fourth-order valence-electron chi connectivity index (χ4n) is 1.48. The van der Waals surface area contributed by atoms with Crippen LogP contribution in [0.2, 0.25) is 0 Å². The Balaban J connectivity index is 2.01. The Morgan fingerprint density at radius 2 is 2.26 bits per heavy atom. The zero-order chi connectivity index (χ0) is 13.8. The maximum atomic E-state index is 11.9. The first-order valence-corrected chi connectivity index (χ1v) is 5.76. The summed E-state index contributed by atoms with van der Waals surface area (Å²) in [4.78, 5) is 22.1. The topological polar surface area (TPSA) is 84.2 Å². The van der Waals surface area contributed by atoms with Gasteiger partial charge in [-0.3, -0.25) is 4.79 Å². The predicted octanol–water partition coefficient (Wildman–Crippen LogP) is 0.769. The van der Waals surface area contributed by atoms with E-state index in [1.54, 1.807) is 24.1 Å². The van der Waals surface area contributed by atoms with E-state index in [0.717, 1.165) is 5.69 Å². The Morgan fingerprint density at radius 1 is 1.47 bits per heavy atom. The van der Waals surface area contributed by atoms with Crippen LogP contribution in [0.1, 0.15) is 21.8 Å². The van der Waals surface area contributed by atoms with Crippen molar-refractivity contribution in [3.05, 3.63) is 35.5 Å². The summed E-state index contributed by atoms with van der Waals surface area (Å²) in [5.74, 6) is 0.867. The SMILES string of the molecule is Cc1oncc1C(=O)NCc1ccnc(N(C)C)n1. The lowest BCUT2D eigenvalue weighted by Gasteiger charge is -2.10. The third-order valence-electron chi connectivity index (χ3n) is 2.53. The van der Waals surface area contributed by atoms with Crippen molar-refractivity contribution in [1.82, 2.24) is 20.4 Å². The average molecular weight is 261 g/mol. The molecular weight excluding hydrogens is 246 g/mol. The first kappa shape index (κ1) is 13.0. The number of aryl methyl sites for hydroxylation is 1. The molecule has 0 aliphatic rings. The lowest BCUT2D eigenvalue weighted by Crippen LogP contribution is -2.24. The van der Waals surface area contributed by atoms with Crippen LogP contribution < -0.4 is 10.2 Å². The number of nitrogens with one attached hydrogen (secondary N) is 1. The highest BCUT2D eigenvalue weighted by Crippen LogP contribution is 2.07. The third kappa shape index (κ3) is 3.06. The fraction of sp³-hybridized carbons (Fsp3) is 0.333. The fourth-order valence-corrected chi connectivity index (χ4v) is 1.48. The number of hydrogen-bond donors (Lipinski definition) is 1. The number of amides is 1. The van der Waals surface area contributed by atoms with Crippen molar-refractivity contribution in [2.75, 3.05) is 19.0 Å². The van der Waals surface area contributed by atoms with Gasteiger partial charge >= 0.3 is 0 Å². The minimum Gasteiger partial charge on any atom is -0.361 e. The molecule has 2 heterocycles. The number of carbonyl (C=O) groups excluding carboxylic acids is 1. The van der Waals surface area contributed by atoms with Crippen molar-refractivity contribution in [3.63, 3.8) is 0 Å². The van der Waals surface area contributed by atoms with Gasteiger partial charge in [0, 0.05) is 20.3 Å². The zero-order valence-corrected chi connectivity index (χ0v) is 11.0. The second-order valence-electron chi connectivity index (χ2n) is 4.22. The van der Waals surface area contributed by atoms with E-state index in [0.29, 0.717) is 23.8 Å². The van der Waals surface area contributed by atoms with Crippen LogP contribution in [0.3, 0.4) is 0 Å². The Bertz CT molecular complexity index is 579. The Morgan fingerprint density at radius 3 is 2.89 bits per heavy atom. The normalized spacial score (nSPS) is 10.3. The molecule has 0 saturated heterocycles. The number of hydrogen-bond acceptors (Lipinski definition) is 6. The summed E-state index contributed by atoms with van der Waals surface area (Å²) >= 11 is 0. The van der Waals surface area contributed by atoms with E-state index in [4.69, 9.17) is 4.52 Å². The monoisotopic (exact) mass is 261 g/mol. The second kappa shape index (κ2) is 5.47. The van der Waals surface area contributed by atoms with Gasteiger partial charge in [-0.05, 0) is 13.0 Å². The summed E-state index contributed by atoms with van der Waals surface area (Å²) in [5, 5.41) is 6.33. The first-order valence-electron chi connectivity index (χ1n) is 5.76. The second-order valence-corrected chi connectivity index (χ2v) is 4.22. The van der Waals surface area contributed by atoms with Gasteiger partial charge in [0.1, 0.15) is 11.3 Å². The number of rotatable bonds is 4. The minimum atomic E-state index is -0.233. The standard InChI is InChI=1S/C12H15N5O2/c1-8-10(7-15-19-8)11(18)14-6-9-4-5-13-12(16-9)17(2)3/h4-5,7H,6H2,1-3H3,(H,14,18). The van der Waals surface area contributed by atoms with Crippen LogP contribution in [0.5, 0.6) is 0 Å². The van der Waals surface area contributed by atoms with Crippen molar-refractivity contribution in [1.29, 1.82) is 0 Å². The molecule has 100 valence electrons. The van der Waals surface area contributed by atoms with Crippen LogP contribution in [0, 0.1) is 6.92 Å². The van der Waals surface area contributed by atoms with Crippen molar-refractivity contribution >= 4 is 11.9 Å². The predicted molar refractivity (Wildman–Crippen MR) is 68.8 cm³/mol. The van der Waals surface area contributed by atoms with Crippen molar-refractivity contribution < 1.29 is 9.32 Å². The molecule has 2 rings (SSSR count). The van der Waals surface area contributed by atoms with Gasteiger partial charge in [-0.1, -0.05) is 5.16 Å². The van der Waals surface area contributed by atoms with Gasteiger partial charge in [-0.2, -0.15) is 0 Å². The maximum Gasteiger partial charge on any atom is 0.256 e. The number of aromatic nitrogens is 3. The lowest BCUT2D eigenvalue weighted by atomic mass is 10.2. The molecule has 2 aromatic rings. The molecule has 0 fully saturated rings. The zero-order valence-electron chi connectivity index (χ0n) is 11.0. The van der Waals surface area contributed by atoms with Crippen LogP contribution in [0.4, 0.5) is 5.95 Å². The van der Waals surface area contributed by atoms with E-state index in [-0.39, 0.29) is 5.91 Å². The molecule has 7 heteroatoms. The summed E-state index contributed by atoms with van der Waals surface area (Å²) in [6, 6.07) is 1.76. The van der Waals surface area contributed by atoms with E-state index < -0.39 is 0 Å². The molecule has 19 heavy (non-hydrogen) atoms. The molecule has 1 amide bonds. The molecule has 7 nitrogen and oxygen atoms in total. The van der Waals surface area contributed by atoms with Gasteiger partial charge in [-0.25, -0.2) is 9.97 Å². The molecule has 0 unspecified atom stereocenters. The molecule has 0 saturated carbocycles. The van der Waals surface area contributed by atoms with Crippen molar-refractivity contribution in [2.45, 2.75) is 13.5 Å². The summed E-state index contributed by atoms with van der Waals surface area (Å²) in [6.07, 6.45) is 3.06. The highest BCUT2D eigenvalue weighted by Gasteiger charge is 2.12. The van der Waals surface area contributed by atoms with Crippen LogP contribution in [-0.4, -0.2) is 35.1 Å². The van der Waals surface area contributed by atoms with Gasteiger partial charge in [0.15, 0.2) is 0 Å². The highest BCUT2D eigenvalue weighted by atomic mass is 16.5. The lowest BCUT2D eigenvalue weighted by molar-refractivity contribution is 0.0949. The van der Waals surface area contributed by atoms with Crippen molar-refractivity contribution in [3.8, 4) is 0 Å². The molecule has 0 aliphatic carbocycles. The van der Waals surface area contributed by atoms with Gasteiger partial charge in [0.2, 0.25) is 5.95 Å². The van der Waals surface area contributed by atoms with Gasteiger partial charge < -0.3 is 14.7 Å². The maximum absolute atomic E-state index is 11.9. The molecular formula is C12H15N5O2. The van der Waals surface area contributed by atoms with Crippen LogP contribution in [0.15, 0.2) is 23.0 Å². The molecule has 0 atom stereocenters. The number of nitrogens with zero attached hydrogens (tertiary/aromatic N) is 4. The smallest absolute Gasteiger partial charge is 0.256 e. The van der Waals surface area contributed by atoms with E-state index in [1.807, 2.05) is 14.1 Å². The summed E-state index contributed by atoms with van der Waals surface area (Å²) in [5.41, 5.74) is 1.17. The van der Waals surface area contributed by atoms with Gasteiger partial charge in [0.25, 0.3) is 5.91 Å². The summed E-state index contributed by atoms with van der Waals surface area (Å²) in [7, 11) is 3.72. The molecule has 1 N–H and O–H groups in total. The first-order chi connectivity index (χ1) is 9.08. The molecule has 0 bridgehead atoms. The number of carbonyl (C=O) groups is 1. The number of anilines is 1. The van der Waals surface area contributed by atoms with Gasteiger partial charge in [-0.15, -0.1) is 0 Å². The van der Waals surface area contributed by atoms with Crippen LogP contribution in [0.25, 0.3) is 0 Å². The van der Waals surface area contributed by atoms with E-state index >= 15 is 0 Å². The summed E-state index contributed by atoms with van der Waals surface area (Å²) in [6.45, 7) is 2.02. The highest BCUT2D eigenvalue weighted by molar-refractivity contribution is 5.94. The average Bonchev–Trinajstić information content (AvgIpc) is 2.82. The minimum absolute atomic E-state index is 0.233. The molecule has 0 spiro atoms. The van der Waals surface area contributed by atoms with E-state index in [1.165, 1.54) is 6.20 Å². The van der Waals surface area contributed by atoms with E-state index in [2.05, 4.69) is 20.4 Å². The molecule has 0 aromatic carbocycles. The molecule has 0 aliphatic heterocycles. The van der Waals surface area contributed by atoms with Crippen LogP contribution in [-0.2, 0) is 6.54 Å². The van der Waals surface area contributed by atoms with Gasteiger partial charge in [0.05, 0.1) is 18.4 Å². The Hall–Kier alpha value is -2.44. The Kier molecular flexibility index (Phi) is 3.74. The third-order valence-corrected chi connectivity index (χ3v) is 2.53. The van der Waals surface area contributed by atoms with E-state index in [9.17, 15) is 4.79 Å². The summed E-state index contributed by atoms with van der Waals surface area (Å²) < 4.78 is 4.85. The van der Waals surface area contributed by atoms with Crippen LogP contribution >= 0.6 is 0 Å². The Labute approximate surface area is 110 Å². The molecule has 2 aromatic heterocycles. The molecule has 0 radical (unpaired) electrons. The quantitative estimate of drug-likeness (QED) is 0.875. The largest absolute Gasteiger partial charge is 0.361 e. The van der Waals surface area contributed by atoms with Crippen molar-refractivity contribution in [2.24, 2.45) is 0 Å².